The van der Waals surface area contributed by atoms with Crippen LogP contribution in [-0.4, -0.2) is 21.1 Å². The Balaban J connectivity index is 1.69. The molecule has 3 rings (SSSR count). The molecule has 0 atom stereocenters. The van der Waals surface area contributed by atoms with Gasteiger partial charge in [-0.05, 0) is 16.3 Å². The number of alkyl halides is 3. The number of benzene rings is 2. The van der Waals surface area contributed by atoms with Crippen molar-refractivity contribution in [2.45, 2.75) is 12.6 Å². The molecule has 0 aliphatic carbocycles. The highest BCUT2D eigenvalue weighted by atomic mass is 19.4. The second kappa shape index (κ2) is 5.71. The average molecular weight is 320 g/mol. The Labute approximate surface area is 128 Å². The lowest BCUT2D eigenvalue weighted by molar-refractivity contribution is -0.144. The standard InChI is InChI=1S/C15H11F3N4O/c16-15(17,18)13-20-14(22-21-13)19-12(23)8-9-5-6-10-3-1-2-4-11(10)7-9/h1-7H,8H2,(H2,19,20,21,22,23). The number of nitrogens with zero attached hydrogens (tertiary/aromatic N) is 2. The van der Waals surface area contributed by atoms with Crippen molar-refractivity contribution in [3.05, 3.63) is 53.9 Å². The first-order valence-corrected chi connectivity index (χ1v) is 6.69. The number of fused-ring (bicyclic) bond motifs is 1. The zero-order valence-electron chi connectivity index (χ0n) is 11.7. The second-order valence-corrected chi connectivity index (χ2v) is 4.91. The van der Waals surface area contributed by atoms with Gasteiger partial charge in [0.15, 0.2) is 0 Å². The predicted octanol–water partition coefficient (Wildman–Crippen LogP) is 3.16. The Morgan fingerprint density at radius 1 is 1.13 bits per heavy atom. The van der Waals surface area contributed by atoms with Crippen molar-refractivity contribution in [3.63, 3.8) is 0 Å². The molecular formula is C15H11F3N4O. The maximum Gasteiger partial charge on any atom is 0.451 e. The van der Waals surface area contributed by atoms with E-state index >= 15 is 0 Å². The lowest BCUT2D eigenvalue weighted by Crippen LogP contribution is -2.15. The van der Waals surface area contributed by atoms with E-state index in [9.17, 15) is 18.0 Å². The first-order chi connectivity index (χ1) is 10.9. The van der Waals surface area contributed by atoms with Crippen molar-refractivity contribution >= 4 is 22.6 Å². The van der Waals surface area contributed by atoms with Crippen LogP contribution in [0.5, 0.6) is 0 Å². The van der Waals surface area contributed by atoms with E-state index in [2.05, 4.69) is 15.4 Å². The molecule has 23 heavy (non-hydrogen) atoms. The van der Waals surface area contributed by atoms with Crippen molar-refractivity contribution in [2.24, 2.45) is 0 Å². The van der Waals surface area contributed by atoms with E-state index in [0.717, 1.165) is 16.3 Å². The van der Waals surface area contributed by atoms with Gasteiger partial charge in [0.05, 0.1) is 6.42 Å². The molecule has 0 aliphatic rings. The minimum Gasteiger partial charge on any atom is -0.293 e. The number of H-pyrrole nitrogens is 1. The number of hydrogen-bond acceptors (Lipinski definition) is 3. The molecule has 2 aromatic carbocycles. The summed E-state index contributed by atoms with van der Waals surface area (Å²) in [5, 5.41) is 9.33. The van der Waals surface area contributed by atoms with Crippen LogP contribution in [0.2, 0.25) is 0 Å². The maximum atomic E-state index is 12.4. The van der Waals surface area contributed by atoms with Gasteiger partial charge in [-0.2, -0.15) is 18.2 Å². The van der Waals surface area contributed by atoms with E-state index in [-0.39, 0.29) is 6.42 Å². The quantitative estimate of drug-likeness (QED) is 0.779. The summed E-state index contributed by atoms with van der Waals surface area (Å²) in [6.45, 7) is 0. The Morgan fingerprint density at radius 3 is 2.57 bits per heavy atom. The lowest BCUT2D eigenvalue weighted by atomic mass is 10.1. The van der Waals surface area contributed by atoms with E-state index in [1.54, 1.807) is 11.2 Å². The number of carbonyl (C=O) groups excluding carboxylic acids is 1. The molecule has 5 nitrogen and oxygen atoms in total. The van der Waals surface area contributed by atoms with Crippen LogP contribution in [0.15, 0.2) is 42.5 Å². The number of nitrogens with one attached hydrogen (secondary N) is 2. The second-order valence-electron chi connectivity index (χ2n) is 4.91. The Hall–Kier alpha value is -2.90. The maximum absolute atomic E-state index is 12.4. The lowest BCUT2D eigenvalue weighted by Gasteiger charge is -2.04. The largest absolute Gasteiger partial charge is 0.451 e. The highest BCUT2D eigenvalue weighted by molar-refractivity contribution is 5.91. The van der Waals surface area contributed by atoms with E-state index in [1.807, 2.05) is 36.4 Å². The van der Waals surface area contributed by atoms with Gasteiger partial charge in [0, 0.05) is 0 Å². The molecule has 0 saturated carbocycles. The number of halogens is 3. The normalized spacial score (nSPS) is 11.6. The van der Waals surface area contributed by atoms with Gasteiger partial charge in [-0.15, -0.1) is 5.10 Å². The van der Waals surface area contributed by atoms with Crippen LogP contribution < -0.4 is 5.32 Å². The van der Waals surface area contributed by atoms with Gasteiger partial charge in [0.25, 0.3) is 0 Å². The molecule has 1 amide bonds. The number of aromatic amines is 1. The van der Waals surface area contributed by atoms with Crippen LogP contribution >= 0.6 is 0 Å². The van der Waals surface area contributed by atoms with Crippen molar-refractivity contribution in [2.75, 3.05) is 5.32 Å². The van der Waals surface area contributed by atoms with Gasteiger partial charge in [0.2, 0.25) is 17.7 Å². The molecule has 0 spiro atoms. The SMILES string of the molecule is O=C(Cc1ccc2ccccc2c1)Nc1n[nH]c(C(F)(F)F)n1. The van der Waals surface area contributed by atoms with Crippen molar-refractivity contribution in [1.82, 2.24) is 15.2 Å². The monoisotopic (exact) mass is 320 g/mol. The van der Waals surface area contributed by atoms with Crippen LogP contribution in [0.3, 0.4) is 0 Å². The van der Waals surface area contributed by atoms with Crippen LogP contribution in [0, 0.1) is 0 Å². The summed E-state index contributed by atoms with van der Waals surface area (Å²) in [6.07, 6.45) is -4.62. The molecular weight excluding hydrogens is 309 g/mol. The van der Waals surface area contributed by atoms with E-state index < -0.39 is 23.9 Å². The topological polar surface area (TPSA) is 70.7 Å². The molecule has 0 bridgehead atoms. The average Bonchev–Trinajstić information content (AvgIpc) is 2.95. The zero-order valence-corrected chi connectivity index (χ0v) is 11.7. The van der Waals surface area contributed by atoms with Crippen LogP contribution in [0.1, 0.15) is 11.4 Å². The fourth-order valence-corrected chi connectivity index (χ4v) is 2.15. The van der Waals surface area contributed by atoms with Crippen LogP contribution in [-0.2, 0) is 17.4 Å². The van der Waals surface area contributed by atoms with E-state index in [1.165, 1.54) is 0 Å². The van der Waals surface area contributed by atoms with Crippen molar-refractivity contribution in [1.29, 1.82) is 0 Å². The van der Waals surface area contributed by atoms with Gasteiger partial charge in [-0.3, -0.25) is 15.2 Å². The number of amides is 1. The zero-order chi connectivity index (χ0) is 16.4. The number of aromatic nitrogens is 3. The molecule has 8 heteroatoms. The number of carbonyl (C=O) groups is 1. The summed E-state index contributed by atoms with van der Waals surface area (Å²) in [5.74, 6) is -2.14. The fourth-order valence-electron chi connectivity index (χ4n) is 2.15. The third-order valence-corrected chi connectivity index (χ3v) is 3.18. The molecule has 1 heterocycles. The molecule has 3 aromatic rings. The summed E-state index contributed by atoms with van der Waals surface area (Å²) in [7, 11) is 0. The van der Waals surface area contributed by atoms with E-state index in [0.29, 0.717) is 0 Å². The molecule has 0 aliphatic heterocycles. The molecule has 1 aromatic heterocycles. The van der Waals surface area contributed by atoms with Gasteiger partial charge < -0.3 is 0 Å². The summed E-state index contributed by atoms with van der Waals surface area (Å²) in [5.41, 5.74) is 0.743. The van der Waals surface area contributed by atoms with Crippen LogP contribution in [0.25, 0.3) is 10.8 Å². The highest BCUT2D eigenvalue weighted by Gasteiger charge is 2.35. The third kappa shape index (κ3) is 3.47. The van der Waals surface area contributed by atoms with Gasteiger partial charge >= 0.3 is 6.18 Å². The minimum absolute atomic E-state index is 0.0146. The van der Waals surface area contributed by atoms with Crippen LogP contribution in [0.4, 0.5) is 19.1 Å². The summed E-state index contributed by atoms with van der Waals surface area (Å²) in [6, 6.07) is 13.2. The molecule has 2 N–H and O–H groups in total. The van der Waals surface area contributed by atoms with Crippen molar-refractivity contribution in [3.8, 4) is 0 Å². The van der Waals surface area contributed by atoms with Crippen molar-refractivity contribution < 1.29 is 18.0 Å². The fraction of sp³-hybridized carbons (Fsp3) is 0.133. The molecule has 118 valence electrons. The first kappa shape index (κ1) is 15.0. The van der Waals surface area contributed by atoms with Gasteiger partial charge in [-0.25, -0.2) is 0 Å². The Kier molecular flexibility index (Phi) is 3.73. The number of hydrogen-bond donors (Lipinski definition) is 2. The molecule has 0 radical (unpaired) electrons. The molecule has 0 fully saturated rings. The summed E-state index contributed by atoms with van der Waals surface area (Å²) in [4.78, 5) is 15.1. The summed E-state index contributed by atoms with van der Waals surface area (Å²) >= 11 is 0. The molecule has 0 unspecified atom stereocenters. The van der Waals surface area contributed by atoms with Gasteiger partial charge in [-0.1, -0.05) is 42.5 Å². The smallest absolute Gasteiger partial charge is 0.293 e. The Morgan fingerprint density at radius 2 is 1.87 bits per heavy atom. The number of rotatable bonds is 3. The van der Waals surface area contributed by atoms with E-state index in [4.69, 9.17) is 0 Å². The minimum atomic E-state index is -4.63. The highest BCUT2D eigenvalue weighted by Crippen LogP contribution is 2.26. The summed E-state index contributed by atoms with van der Waals surface area (Å²) < 4.78 is 37.2. The predicted molar refractivity (Wildman–Crippen MR) is 77.7 cm³/mol. The first-order valence-electron chi connectivity index (χ1n) is 6.69. The van der Waals surface area contributed by atoms with Gasteiger partial charge in [0.1, 0.15) is 0 Å². The number of anilines is 1. The Bertz CT molecular complexity index is 857. The molecule has 0 saturated heterocycles. The third-order valence-electron chi connectivity index (χ3n) is 3.18.